The number of benzene rings is 2. The van der Waals surface area contributed by atoms with Crippen LogP contribution in [-0.4, -0.2) is 36.4 Å². The second-order valence-corrected chi connectivity index (χ2v) is 7.18. The molecule has 3 rings (SSSR count). The SMILES string of the molecule is CC[C@]1(c2ccc(OC)cc2)NC(=O)N(CC(=O)Nc2cccc(Cl)c2C)C1=O. The van der Waals surface area contributed by atoms with Gasteiger partial charge < -0.3 is 15.4 Å². The molecular weight excluding hydrogens is 394 g/mol. The van der Waals surface area contributed by atoms with Gasteiger partial charge in [-0.25, -0.2) is 4.79 Å². The molecule has 1 heterocycles. The van der Waals surface area contributed by atoms with Crippen LogP contribution in [-0.2, 0) is 15.1 Å². The van der Waals surface area contributed by atoms with Crippen LogP contribution < -0.4 is 15.4 Å². The number of urea groups is 1. The van der Waals surface area contributed by atoms with Gasteiger partial charge in [-0.1, -0.05) is 36.7 Å². The van der Waals surface area contributed by atoms with Crippen molar-refractivity contribution in [1.82, 2.24) is 10.2 Å². The normalized spacial score (nSPS) is 18.6. The number of amides is 4. The predicted molar refractivity (Wildman–Crippen MR) is 110 cm³/mol. The molecule has 2 N–H and O–H groups in total. The van der Waals surface area contributed by atoms with E-state index in [2.05, 4.69) is 10.6 Å². The maximum atomic E-state index is 13.1. The third kappa shape index (κ3) is 3.78. The van der Waals surface area contributed by atoms with E-state index in [1.807, 2.05) is 0 Å². The highest BCUT2D eigenvalue weighted by Crippen LogP contribution is 2.33. The number of carbonyl (C=O) groups is 3. The van der Waals surface area contributed by atoms with Gasteiger partial charge in [0.25, 0.3) is 5.91 Å². The number of halogens is 1. The van der Waals surface area contributed by atoms with Crippen molar-refractivity contribution in [2.24, 2.45) is 0 Å². The van der Waals surface area contributed by atoms with Crippen molar-refractivity contribution in [2.45, 2.75) is 25.8 Å². The molecule has 2 aromatic rings. The predicted octanol–water partition coefficient (Wildman–Crippen LogP) is 3.45. The Morgan fingerprint density at radius 3 is 2.52 bits per heavy atom. The number of nitrogens with zero attached hydrogens (tertiary/aromatic N) is 1. The highest BCUT2D eigenvalue weighted by molar-refractivity contribution is 6.31. The molecule has 1 aliphatic rings. The fraction of sp³-hybridized carbons (Fsp3) is 0.286. The molecule has 152 valence electrons. The van der Waals surface area contributed by atoms with Crippen molar-refractivity contribution in [3.63, 3.8) is 0 Å². The molecule has 0 bridgehead atoms. The van der Waals surface area contributed by atoms with E-state index in [1.165, 1.54) is 0 Å². The van der Waals surface area contributed by atoms with E-state index in [-0.39, 0.29) is 0 Å². The summed E-state index contributed by atoms with van der Waals surface area (Å²) in [4.78, 5) is 39.1. The van der Waals surface area contributed by atoms with Gasteiger partial charge in [-0.15, -0.1) is 0 Å². The van der Waals surface area contributed by atoms with E-state index in [0.717, 1.165) is 4.90 Å². The van der Waals surface area contributed by atoms with Crippen LogP contribution in [0.1, 0.15) is 24.5 Å². The van der Waals surface area contributed by atoms with Crippen LogP contribution >= 0.6 is 11.6 Å². The fourth-order valence-electron chi connectivity index (χ4n) is 3.36. The number of rotatable bonds is 6. The van der Waals surface area contributed by atoms with Gasteiger partial charge in [0, 0.05) is 10.7 Å². The minimum atomic E-state index is -1.21. The molecule has 1 atom stereocenters. The average Bonchev–Trinajstić information content (AvgIpc) is 2.96. The quantitative estimate of drug-likeness (QED) is 0.707. The zero-order valence-electron chi connectivity index (χ0n) is 16.4. The fourth-order valence-corrected chi connectivity index (χ4v) is 3.54. The Hall–Kier alpha value is -3.06. The topological polar surface area (TPSA) is 87.7 Å². The Kier molecular flexibility index (Phi) is 5.79. The molecule has 8 heteroatoms. The monoisotopic (exact) mass is 415 g/mol. The summed E-state index contributed by atoms with van der Waals surface area (Å²) < 4.78 is 5.15. The lowest BCUT2D eigenvalue weighted by molar-refractivity contribution is -0.134. The number of hydrogen-bond donors (Lipinski definition) is 2. The zero-order valence-corrected chi connectivity index (χ0v) is 17.2. The summed E-state index contributed by atoms with van der Waals surface area (Å²) in [6.45, 7) is 3.19. The van der Waals surface area contributed by atoms with Gasteiger partial charge in [0.15, 0.2) is 0 Å². The highest BCUT2D eigenvalue weighted by Gasteiger charge is 2.51. The summed E-state index contributed by atoms with van der Waals surface area (Å²) in [6, 6.07) is 11.5. The average molecular weight is 416 g/mol. The molecule has 1 fully saturated rings. The molecule has 29 heavy (non-hydrogen) atoms. The van der Waals surface area contributed by atoms with Crippen LogP contribution in [0.15, 0.2) is 42.5 Å². The first kappa shape index (κ1) is 20.7. The summed E-state index contributed by atoms with van der Waals surface area (Å²) in [5.41, 5.74) is 0.662. The lowest BCUT2D eigenvalue weighted by Gasteiger charge is -2.26. The summed E-state index contributed by atoms with van der Waals surface area (Å²) in [5, 5.41) is 5.98. The minimum Gasteiger partial charge on any atom is -0.497 e. The Labute approximate surface area is 174 Å². The first-order chi connectivity index (χ1) is 13.8. The summed E-state index contributed by atoms with van der Waals surface area (Å²) in [6.07, 6.45) is 0.343. The van der Waals surface area contributed by atoms with E-state index < -0.39 is 29.9 Å². The molecule has 0 aliphatic carbocycles. The van der Waals surface area contributed by atoms with Crippen LogP contribution in [0.2, 0.25) is 5.02 Å². The number of methoxy groups -OCH3 is 1. The molecule has 0 radical (unpaired) electrons. The molecule has 2 aromatic carbocycles. The van der Waals surface area contributed by atoms with E-state index in [1.54, 1.807) is 63.4 Å². The Balaban J connectivity index is 1.80. The van der Waals surface area contributed by atoms with Gasteiger partial charge in [0.05, 0.1) is 7.11 Å². The first-order valence-electron chi connectivity index (χ1n) is 9.16. The van der Waals surface area contributed by atoms with E-state index >= 15 is 0 Å². The molecule has 0 saturated carbocycles. The van der Waals surface area contributed by atoms with Gasteiger partial charge in [0.2, 0.25) is 5.91 Å². The third-order valence-corrected chi connectivity index (χ3v) is 5.54. The van der Waals surface area contributed by atoms with E-state index in [9.17, 15) is 14.4 Å². The minimum absolute atomic E-state index is 0.343. The van der Waals surface area contributed by atoms with Gasteiger partial charge in [-0.3, -0.25) is 14.5 Å². The molecular formula is C21H22ClN3O4. The summed E-state index contributed by atoms with van der Waals surface area (Å²) in [7, 11) is 1.55. The van der Waals surface area contributed by atoms with E-state index in [0.29, 0.717) is 34.0 Å². The van der Waals surface area contributed by atoms with Gasteiger partial charge >= 0.3 is 6.03 Å². The van der Waals surface area contributed by atoms with Gasteiger partial charge in [-0.05, 0) is 48.7 Å². The van der Waals surface area contributed by atoms with Crippen molar-refractivity contribution in [3.05, 3.63) is 58.6 Å². The smallest absolute Gasteiger partial charge is 0.325 e. The number of hydrogen-bond acceptors (Lipinski definition) is 4. The Morgan fingerprint density at radius 2 is 1.90 bits per heavy atom. The largest absolute Gasteiger partial charge is 0.497 e. The van der Waals surface area contributed by atoms with Crippen molar-refractivity contribution in [1.29, 1.82) is 0 Å². The van der Waals surface area contributed by atoms with Crippen LogP contribution in [0.3, 0.4) is 0 Å². The van der Waals surface area contributed by atoms with Crippen molar-refractivity contribution < 1.29 is 19.1 Å². The maximum Gasteiger partial charge on any atom is 0.325 e. The first-order valence-corrected chi connectivity index (χ1v) is 9.53. The molecule has 0 aromatic heterocycles. The van der Waals surface area contributed by atoms with Crippen LogP contribution in [0.5, 0.6) is 5.75 Å². The van der Waals surface area contributed by atoms with E-state index in [4.69, 9.17) is 16.3 Å². The van der Waals surface area contributed by atoms with Gasteiger partial charge in [0.1, 0.15) is 17.8 Å². The molecule has 7 nitrogen and oxygen atoms in total. The molecule has 0 unspecified atom stereocenters. The Bertz CT molecular complexity index is 961. The highest BCUT2D eigenvalue weighted by atomic mass is 35.5. The second kappa shape index (κ2) is 8.13. The number of imide groups is 1. The lowest BCUT2D eigenvalue weighted by Crippen LogP contribution is -2.44. The molecule has 0 spiro atoms. The van der Waals surface area contributed by atoms with Crippen LogP contribution in [0, 0.1) is 6.92 Å². The standard InChI is InChI=1S/C21H22ClN3O4/c1-4-21(14-8-10-15(29-3)11-9-14)19(27)25(20(28)24-21)12-18(26)23-17-7-5-6-16(22)13(17)2/h5-11H,4,12H2,1-3H3,(H,23,26)(H,24,28)/t21-/m1/s1. The molecule has 4 amide bonds. The van der Waals surface area contributed by atoms with Crippen LogP contribution in [0.4, 0.5) is 10.5 Å². The number of anilines is 1. The second-order valence-electron chi connectivity index (χ2n) is 6.77. The maximum absolute atomic E-state index is 13.1. The molecule has 1 aliphatic heterocycles. The van der Waals surface area contributed by atoms with Crippen molar-refractivity contribution in [3.8, 4) is 5.75 Å². The number of nitrogens with one attached hydrogen (secondary N) is 2. The number of carbonyl (C=O) groups excluding carboxylic acids is 3. The lowest BCUT2D eigenvalue weighted by atomic mass is 9.87. The summed E-state index contributed by atoms with van der Waals surface area (Å²) in [5.74, 6) is -0.307. The van der Waals surface area contributed by atoms with Gasteiger partial charge in [-0.2, -0.15) is 0 Å². The van der Waals surface area contributed by atoms with Crippen molar-refractivity contribution >= 4 is 35.1 Å². The summed E-state index contributed by atoms with van der Waals surface area (Å²) >= 11 is 6.07. The zero-order chi connectivity index (χ0) is 21.2. The molecule has 1 saturated heterocycles. The van der Waals surface area contributed by atoms with Crippen LogP contribution in [0.25, 0.3) is 0 Å². The Morgan fingerprint density at radius 1 is 1.21 bits per heavy atom. The van der Waals surface area contributed by atoms with Crippen molar-refractivity contribution in [2.75, 3.05) is 19.0 Å². The third-order valence-electron chi connectivity index (χ3n) is 5.13. The number of ether oxygens (including phenoxy) is 1.